The molecule has 0 amide bonds. The van der Waals surface area contributed by atoms with E-state index < -0.39 is 17.5 Å². The Morgan fingerprint density at radius 2 is 1.57 bits per heavy atom. The van der Waals surface area contributed by atoms with E-state index in [1.807, 2.05) is 27.7 Å². The number of ether oxygens (including phenoxy) is 1. The van der Waals surface area contributed by atoms with E-state index in [0.29, 0.717) is 12.0 Å². The highest BCUT2D eigenvalue weighted by atomic mass is 28.2. The van der Waals surface area contributed by atoms with Crippen LogP contribution in [0.5, 0.6) is 0 Å². The van der Waals surface area contributed by atoms with Crippen molar-refractivity contribution in [2.75, 3.05) is 7.11 Å². The van der Waals surface area contributed by atoms with Gasteiger partial charge in [-0.2, -0.15) is 0 Å². The van der Waals surface area contributed by atoms with Crippen LogP contribution >= 0.6 is 0 Å². The predicted octanol–water partition coefficient (Wildman–Crippen LogP) is 3.93. The lowest BCUT2D eigenvalue weighted by Crippen LogP contribution is -2.27. The Hall–Kier alpha value is -0.853. The largest absolute Gasteiger partial charge is 0.431 e. The Balaban J connectivity index is 0.00000149. The Labute approximate surface area is 140 Å². The Kier molecular flexibility index (Phi) is 10.4. The number of halogens is 3. The SMILES string of the molecule is CC(C)OC(C)(C)CCCCc1cc(F)c(F)c(F)c1.CO[SiH3]. The molecule has 0 aliphatic heterocycles. The zero-order valence-corrected chi connectivity index (χ0v) is 17.0. The summed E-state index contributed by atoms with van der Waals surface area (Å²) in [5.74, 6) is -3.65. The lowest BCUT2D eigenvalue weighted by molar-refractivity contribution is -0.0614. The summed E-state index contributed by atoms with van der Waals surface area (Å²) >= 11 is 0. The van der Waals surface area contributed by atoms with Crippen molar-refractivity contribution in [1.29, 1.82) is 0 Å². The van der Waals surface area contributed by atoms with Crippen LogP contribution in [0.15, 0.2) is 12.1 Å². The second kappa shape index (κ2) is 10.8. The summed E-state index contributed by atoms with van der Waals surface area (Å²) in [6, 6.07) is 2.13. The van der Waals surface area contributed by atoms with E-state index in [0.717, 1.165) is 41.9 Å². The van der Waals surface area contributed by atoms with Crippen LogP contribution in [0.2, 0.25) is 0 Å². The number of rotatable bonds is 7. The molecular formula is C17H29F3O2Si. The van der Waals surface area contributed by atoms with Gasteiger partial charge in [0.1, 0.15) is 10.5 Å². The number of unbranched alkanes of at least 4 members (excludes halogenated alkanes) is 1. The summed E-state index contributed by atoms with van der Waals surface area (Å²) in [6.45, 7) is 8.05. The molecule has 1 aromatic carbocycles. The van der Waals surface area contributed by atoms with Crippen LogP contribution in [-0.2, 0) is 15.6 Å². The van der Waals surface area contributed by atoms with Crippen molar-refractivity contribution in [2.45, 2.75) is 65.1 Å². The van der Waals surface area contributed by atoms with Crippen LogP contribution in [0.1, 0.15) is 52.5 Å². The third kappa shape index (κ3) is 9.79. The zero-order chi connectivity index (χ0) is 18.0. The molecule has 23 heavy (non-hydrogen) atoms. The topological polar surface area (TPSA) is 18.5 Å². The minimum atomic E-state index is -1.40. The minimum absolute atomic E-state index is 0.172. The van der Waals surface area contributed by atoms with E-state index in [4.69, 9.17) is 4.74 Å². The second-order valence-electron chi connectivity index (χ2n) is 6.42. The maximum absolute atomic E-state index is 13.0. The van der Waals surface area contributed by atoms with E-state index in [1.54, 1.807) is 7.11 Å². The summed E-state index contributed by atoms with van der Waals surface area (Å²) in [5.41, 5.74) is 0.289. The smallest absolute Gasteiger partial charge is 0.194 e. The van der Waals surface area contributed by atoms with Gasteiger partial charge in [-0.3, -0.25) is 0 Å². The fourth-order valence-electron chi connectivity index (χ4n) is 2.33. The van der Waals surface area contributed by atoms with Crippen LogP contribution in [0.25, 0.3) is 0 Å². The van der Waals surface area contributed by atoms with Crippen LogP contribution in [0, 0.1) is 17.5 Å². The zero-order valence-electron chi connectivity index (χ0n) is 15.0. The number of hydrogen-bond donors (Lipinski definition) is 0. The molecule has 0 aromatic heterocycles. The number of hydrogen-bond acceptors (Lipinski definition) is 2. The highest BCUT2D eigenvalue weighted by Crippen LogP contribution is 2.21. The molecule has 0 aliphatic rings. The number of benzene rings is 1. The molecule has 0 N–H and O–H groups in total. The first-order valence-electron chi connectivity index (χ1n) is 7.84. The van der Waals surface area contributed by atoms with E-state index >= 15 is 0 Å². The molecule has 0 bridgehead atoms. The predicted molar refractivity (Wildman–Crippen MR) is 91.1 cm³/mol. The normalized spacial score (nSPS) is 11.5. The lowest BCUT2D eigenvalue weighted by Gasteiger charge is -2.27. The maximum atomic E-state index is 13.0. The molecule has 6 heteroatoms. The average molecular weight is 350 g/mol. The van der Waals surface area contributed by atoms with Crippen molar-refractivity contribution in [3.8, 4) is 0 Å². The quantitative estimate of drug-likeness (QED) is 0.421. The van der Waals surface area contributed by atoms with Crippen LogP contribution in [0.3, 0.4) is 0 Å². The van der Waals surface area contributed by atoms with E-state index in [9.17, 15) is 13.2 Å². The molecule has 2 nitrogen and oxygen atoms in total. The first-order chi connectivity index (χ1) is 10.6. The summed E-state index contributed by atoms with van der Waals surface area (Å²) < 4.78 is 49.1. The Bertz CT molecular complexity index is 442. The van der Waals surface area contributed by atoms with Crippen LogP contribution in [0.4, 0.5) is 13.2 Å². The van der Waals surface area contributed by atoms with Crippen molar-refractivity contribution < 1.29 is 22.3 Å². The molecule has 0 aliphatic carbocycles. The highest BCUT2D eigenvalue weighted by molar-refractivity contribution is 5.97. The van der Waals surface area contributed by atoms with Crippen molar-refractivity contribution in [2.24, 2.45) is 0 Å². The van der Waals surface area contributed by atoms with Gasteiger partial charge < -0.3 is 9.16 Å². The molecule has 0 saturated heterocycles. The first kappa shape index (κ1) is 22.1. The Morgan fingerprint density at radius 1 is 1.09 bits per heavy atom. The second-order valence-corrected chi connectivity index (χ2v) is 7.23. The molecule has 0 saturated carbocycles. The monoisotopic (exact) mass is 350 g/mol. The van der Waals surface area contributed by atoms with Crippen LogP contribution in [-0.4, -0.2) is 29.3 Å². The van der Waals surface area contributed by atoms with Gasteiger partial charge >= 0.3 is 0 Å². The van der Waals surface area contributed by atoms with Crippen molar-refractivity contribution >= 4 is 10.5 Å². The van der Waals surface area contributed by atoms with Gasteiger partial charge in [-0.1, -0.05) is 6.42 Å². The molecule has 0 fully saturated rings. The van der Waals surface area contributed by atoms with Gasteiger partial charge in [0.2, 0.25) is 0 Å². The summed E-state index contributed by atoms with van der Waals surface area (Å²) in [4.78, 5) is 0. The molecule has 1 rings (SSSR count). The van der Waals surface area contributed by atoms with Crippen LogP contribution < -0.4 is 0 Å². The van der Waals surface area contributed by atoms with Gasteiger partial charge in [0.25, 0.3) is 0 Å². The van der Waals surface area contributed by atoms with Gasteiger partial charge in [-0.05, 0) is 64.7 Å². The molecule has 1 aromatic rings. The molecule has 0 atom stereocenters. The molecular weight excluding hydrogens is 321 g/mol. The fraction of sp³-hybridized carbons (Fsp3) is 0.647. The average Bonchev–Trinajstić information content (AvgIpc) is 2.40. The fourth-order valence-corrected chi connectivity index (χ4v) is 2.33. The van der Waals surface area contributed by atoms with Gasteiger partial charge in [0.05, 0.1) is 11.7 Å². The summed E-state index contributed by atoms with van der Waals surface area (Å²) in [7, 11) is 2.56. The summed E-state index contributed by atoms with van der Waals surface area (Å²) in [5, 5.41) is 0. The van der Waals surface area contributed by atoms with E-state index in [2.05, 4.69) is 4.43 Å². The van der Waals surface area contributed by atoms with Gasteiger partial charge in [0.15, 0.2) is 17.5 Å². The minimum Gasteiger partial charge on any atom is -0.431 e. The molecule has 0 spiro atoms. The Morgan fingerprint density at radius 3 is 2.00 bits per heavy atom. The number of aryl methyl sites for hydroxylation is 1. The molecule has 134 valence electrons. The van der Waals surface area contributed by atoms with Crippen molar-refractivity contribution in [3.63, 3.8) is 0 Å². The lowest BCUT2D eigenvalue weighted by atomic mass is 9.98. The van der Waals surface area contributed by atoms with Gasteiger partial charge in [-0.25, -0.2) is 13.2 Å². The van der Waals surface area contributed by atoms with Crippen molar-refractivity contribution in [1.82, 2.24) is 0 Å². The van der Waals surface area contributed by atoms with Gasteiger partial charge in [-0.15, -0.1) is 0 Å². The maximum Gasteiger partial charge on any atom is 0.194 e. The first-order valence-corrected chi connectivity index (χ1v) is 8.66. The van der Waals surface area contributed by atoms with Crippen molar-refractivity contribution in [3.05, 3.63) is 35.1 Å². The summed E-state index contributed by atoms with van der Waals surface area (Å²) in [6.07, 6.45) is 3.25. The van der Waals surface area contributed by atoms with E-state index in [1.165, 1.54) is 0 Å². The molecule has 0 radical (unpaired) electrons. The third-order valence-electron chi connectivity index (χ3n) is 3.09. The molecule has 0 unspecified atom stereocenters. The van der Waals surface area contributed by atoms with Gasteiger partial charge in [0, 0.05) is 7.11 Å². The van der Waals surface area contributed by atoms with E-state index in [-0.39, 0.29) is 11.7 Å². The third-order valence-corrected chi connectivity index (χ3v) is 3.09. The highest BCUT2D eigenvalue weighted by Gasteiger charge is 2.19. The molecule has 0 heterocycles. The standard InChI is InChI=1S/C16H23F3O.CH6OSi/c1-11(2)20-16(3,4)8-6-5-7-12-9-13(17)15(19)14(18)10-12;1-2-3/h9-11H,5-8H2,1-4H3;1,3H3.